The van der Waals surface area contributed by atoms with Gasteiger partial charge in [-0.1, -0.05) is 32.4 Å². The maximum absolute atomic E-state index is 6.40. The van der Waals surface area contributed by atoms with E-state index in [2.05, 4.69) is 26.0 Å². The van der Waals surface area contributed by atoms with Crippen molar-refractivity contribution in [1.82, 2.24) is 0 Å². The number of benzene rings is 1. The lowest BCUT2D eigenvalue weighted by atomic mass is 9.98. The van der Waals surface area contributed by atoms with Crippen LogP contribution in [0.1, 0.15) is 51.5 Å². The Bertz CT molecular complexity index is 318. The van der Waals surface area contributed by atoms with Gasteiger partial charge in [0.15, 0.2) is 0 Å². The van der Waals surface area contributed by atoms with Crippen LogP contribution in [0.3, 0.4) is 0 Å². The zero-order valence-corrected chi connectivity index (χ0v) is 12.0. The predicted molar refractivity (Wildman–Crippen MR) is 74.9 cm³/mol. The molecular weight excluding hydrogens is 232 g/mol. The van der Waals surface area contributed by atoms with Crippen LogP contribution in [-0.4, -0.2) is 6.10 Å². The molecule has 0 heterocycles. The first-order valence-electron chi connectivity index (χ1n) is 6.43. The normalized spacial score (nSPS) is 14.7. The van der Waals surface area contributed by atoms with Crippen molar-refractivity contribution in [2.45, 2.75) is 52.0 Å². The third-order valence-electron chi connectivity index (χ3n) is 2.92. The summed E-state index contributed by atoms with van der Waals surface area (Å²) < 4.78 is 5.61. The van der Waals surface area contributed by atoms with Crippen molar-refractivity contribution in [3.8, 4) is 5.75 Å². The second-order valence-electron chi connectivity index (χ2n) is 4.95. The van der Waals surface area contributed by atoms with Crippen molar-refractivity contribution < 1.29 is 4.74 Å². The highest BCUT2D eigenvalue weighted by atomic mass is 35.5. The van der Waals surface area contributed by atoms with E-state index in [-0.39, 0.29) is 11.5 Å². The van der Waals surface area contributed by atoms with Crippen LogP contribution < -0.4 is 4.74 Å². The number of rotatable bonds is 6. The van der Waals surface area contributed by atoms with E-state index in [4.69, 9.17) is 16.3 Å². The van der Waals surface area contributed by atoms with Gasteiger partial charge >= 0.3 is 0 Å². The Morgan fingerprint density at radius 1 is 1.12 bits per heavy atom. The number of hydrogen-bond acceptors (Lipinski definition) is 1. The maximum atomic E-state index is 6.40. The molecule has 0 fully saturated rings. The fourth-order valence-corrected chi connectivity index (χ4v) is 2.13. The molecule has 0 radical (unpaired) electrons. The van der Waals surface area contributed by atoms with Crippen molar-refractivity contribution in [3.63, 3.8) is 0 Å². The number of halogens is 1. The smallest absolute Gasteiger partial charge is 0.119 e. The fraction of sp³-hybridized carbons (Fsp3) is 0.600. The van der Waals surface area contributed by atoms with E-state index in [0.717, 1.165) is 12.2 Å². The zero-order valence-electron chi connectivity index (χ0n) is 11.2. The minimum absolute atomic E-state index is 0.109. The molecule has 1 aromatic rings. The maximum Gasteiger partial charge on any atom is 0.119 e. The van der Waals surface area contributed by atoms with Crippen LogP contribution in [0, 0.1) is 5.92 Å². The van der Waals surface area contributed by atoms with Gasteiger partial charge in [0, 0.05) is 0 Å². The molecule has 1 aromatic carbocycles. The van der Waals surface area contributed by atoms with Gasteiger partial charge in [0.1, 0.15) is 5.75 Å². The third kappa shape index (κ3) is 4.99. The van der Waals surface area contributed by atoms with Crippen LogP contribution in [0.25, 0.3) is 0 Å². The van der Waals surface area contributed by atoms with E-state index >= 15 is 0 Å². The van der Waals surface area contributed by atoms with E-state index in [1.54, 1.807) is 0 Å². The lowest BCUT2D eigenvalue weighted by molar-refractivity contribution is 0.242. The van der Waals surface area contributed by atoms with Crippen LogP contribution in [-0.2, 0) is 0 Å². The first-order valence-corrected chi connectivity index (χ1v) is 6.87. The molecule has 2 unspecified atom stereocenters. The number of hydrogen-bond donors (Lipinski definition) is 0. The second-order valence-corrected chi connectivity index (χ2v) is 5.48. The summed E-state index contributed by atoms with van der Waals surface area (Å²) in [7, 11) is 0. The number of ether oxygens (including phenoxy) is 1. The van der Waals surface area contributed by atoms with Crippen LogP contribution in [0.15, 0.2) is 24.3 Å². The molecule has 0 aromatic heterocycles. The molecule has 0 bridgehead atoms. The second kappa shape index (κ2) is 6.90. The van der Waals surface area contributed by atoms with Gasteiger partial charge in [-0.15, -0.1) is 11.6 Å². The Hall–Kier alpha value is -0.690. The molecule has 0 aliphatic heterocycles. The molecule has 0 spiro atoms. The zero-order chi connectivity index (χ0) is 12.8. The first kappa shape index (κ1) is 14.4. The summed E-state index contributed by atoms with van der Waals surface area (Å²) >= 11 is 6.40. The Kier molecular flexibility index (Phi) is 5.84. The van der Waals surface area contributed by atoms with Crippen molar-refractivity contribution in [3.05, 3.63) is 29.8 Å². The van der Waals surface area contributed by atoms with Gasteiger partial charge in [-0.3, -0.25) is 0 Å². The SMILES string of the molecule is CCC(C)CC(Cl)c1ccc(OC(C)C)cc1. The first-order chi connectivity index (χ1) is 8.02. The lowest BCUT2D eigenvalue weighted by Crippen LogP contribution is -2.05. The third-order valence-corrected chi connectivity index (χ3v) is 3.35. The van der Waals surface area contributed by atoms with Gasteiger partial charge in [-0.25, -0.2) is 0 Å². The molecule has 0 saturated carbocycles. The Morgan fingerprint density at radius 2 is 1.71 bits per heavy atom. The summed E-state index contributed by atoms with van der Waals surface area (Å²) in [6, 6.07) is 8.14. The number of alkyl halides is 1. The Labute approximate surface area is 110 Å². The van der Waals surface area contributed by atoms with Crippen molar-refractivity contribution in [1.29, 1.82) is 0 Å². The monoisotopic (exact) mass is 254 g/mol. The van der Waals surface area contributed by atoms with Crippen LogP contribution >= 0.6 is 11.6 Å². The summed E-state index contributed by atoms with van der Waals surface area (Å²) in [4.78, 5) is 0. The van der Waals surface area contributed by atoms with Crippen LogP contribution in [0.4, 0.5) is 0 Å². The largest absolute Gasteiger partial charge is 0.491 e. The van der Waals surface area contributed by atoms with Gasteiger partial charge in [0.25, 0.3) is 0 Å². The van der Waals surface area contributed by atoms with E-state index in [1.807, 2.05) is 26.0 Å². The Balaban J connectivity index is 2.60. The predicted octanol–water partition coefficient (Wildman–Crippen LogP) is 5.19. The fourth-order valence-electron chi connectivity index (χ4n) is 1.68. The van der Waals surface area contributed by atoms with Crippen molar-refractivity contribution in [2.24, 2.45) is 5.92 Å². The highest BCUT2D eigenvalue weighted by Gasteiger charge is 2.11. The summed E-state index contributed by atoms with van der Waals surface area (Å²) in [6.07, 6.45) is 2.42. The lowest BCUT2D eigenvalue weighted by Gasteiger charge is -2.15. The molecule has 1 nitrogen and oxygen atoms in total. The summed E-state index contributed by atoms with van der Waals surface area (Å²) in [5.41, 5.74) is 1.18. The standard InChI is InChI=1S/C15H23ClO/c1-5-12(4)10-15(16)13-6-8-14(9-7-13)17-11(2)3/h6-9,11-12,15H,5,10H2,1-4H3. The topological polar surface area (TPSA) is 9.23 Å². The van der Waals surface area contributed by atoms with Crippen molar-refractivity contribution >= 4 is 11.6 Å². The summed E-state index contributed by atoms with van der Waals surface area (Å²) in [6.45, 7) is 8.50. The minimum Gasteiger partial charge on any atom is -0.491 e. The highest BCUT2D eigenvalue weighted by molar-refractivity contribution is 6.20. The molecular formula is C15H23ClO. The molecule has 0 amide bonds. The molecule has 0 aliphatic rings. The van der Waals surface area contributed by atoms with E-state index < -0.39 is 0 Å². The minimum atomic E-state index is 0.109. The van der Waals surface area contributed by atoms with Crippen LogP contribution in [0.5, 0.6) is 5.75 Å². The van der Waals surface area contributed by atoms with Crippen molar-refractivity contribution in [2.75, 3.05) is 0 Å². The van der Waals surface area contributed by atoms with Gasteiger partial charge in [-0.05, 0) is 43.9 Å². The van der Waals surface area contributed by atoms with Gasteiger partial charge in [-0.2, -0.15) is 0 Å². The van der Waals surface area contributed by atoms with E-state index in [0.29, 0.717) is 5.92 Å². The van der Waals surface area contributed by atoms with E-state index in [9.17, 15) is 0 Å². The van der Waals surface area contributed by atoms with E-state index in [1.165, 1.54) is 12.0 Å². The Morgan fingerprint density at radius 3 is 2.18 bits per heavy atom. The molecule has 96 valence electrons. The van der Waals surface area contributed by atoms with Gasteiger partial charge in [0.2, 0.25) is 0 Å². The quantitative estimate of drug-likeness (QED) is 0.635. The van der Waals surface area contributed by atoms with Crippen LogP contribution in [0.2, 0.25) is 0 Å². The highest BCUT2D eigenvalue weighted by Crippen LogP contribution is 2.30. The molecule has 17 heavy (non-hydrogen) atoms. The molecule has 1 rings (SSSR count). The molecule has 0 N–H and O–H groups in total. The molecule has 2 atom stereocenters. The molecule has 0 aliphatic carbocycles. The average Bonchev–Trinajstić information content (AvgIpc) is 2.28. The van der Waals surface area contributed by atoms with Gasteiger partial charge in [0.05, 0.1) is 11.5 Å². The van der Waals surface area contributed by atoms with Gasteiger partial charge < -0.3 is 4.74 Å². The average molecular weight is 255 g/mol. The summed E-state index contributed by atoms with van der Waals surface area (Å²) in [5.74, 6) is 1.58. The molecule has 2 heteroatoms. The summed E-state index contributed by atoms with van der Waals surface area (Å²) in [5, 5.41) is 0.109. The molecule has 0 saturated heterocycles.